The first-order valence-electron chi connectivity index (χ1n) is 18.5. The maximum atomic E-state index is 2.42. The predicted octanol–water partition coefficient (Wildman–Crippen LogP) is 0.850. The van der Waals surface area contributed by atoms with Crippen molar-refractivity contribution < 1.29 is 85.4 Å². The molecule has 42 heavy (non-hydrogen) atoms. The lowest BCUT2D eigenvalue weighted by Gasteiger charge is -2.40. The van der Waals surface area contributed by atoms with Crippen LogP contribution in [0.1, 0.15) is 158 Å². The Hall–Kier alpha value is 2.07. The fourth-order valence-corrected chi connectivity index (χ4v) is 8.30. The molecule has 0 aliphatic carbocycles. The quantitative estimate of drug-likeness (QED) is 0.0571. The molecule has 0 atom stereocenters. The SMILES string of the molecule is CCC[N+](CCC)(CCC)CCCCCC[N+](CCC)(CCC)CCCCCC[N+](CCC)(CCC)CCC.[I-].[I-].[I-]. The standard InChI is InChI=1S/C36H80N3.3HI/c1-9-25-37(26-10-2,27-11-3)33-21-17-19-23-35-39(31-15-7,32-16-8)36-24-20-18-22-34-38(28-12-4,29-13-5)30-14-6;;;/h9-36H2,1-8H3;3*1H/q+3;;;/p-3. The minimum absolute atomic E-state index is 0. The first kappa shape index (κ1) is 50.9. The summed E-state index contributed by atoms with van der Waals surface area (Å²) < 4.78 is 4.20. The van der Waals surface area contributed by atoms with Gasteiger partial charge in [0.05, 0.1) is 78.5 Å². The molecule has 0 amide bonds. The second-order valence-electron chi connectivity index (χ2n) is 13.5. The van der Waals surface area contributed by atoms with Crippen LogP contribution in [0.15, 0.2) is 0 Å². The average molecular weight is 936 g/mol. The van der Waals surface area contributed by atoms with Gasteiger partial charge in [-0.15, -0.1) is 0 Å². The van der Waals surface area contributed by atoms with Crippen LogP contribution in [-0.2, 0) is 0 Å². The van der Waals surface area contributed by atoms with E-state index in [0.717, 1.165) is 0 Å². The van der Waals surface area contributed by atoms with Crippen LogP contribution < -0.4 is 71.9 Å². The van der Waals surface area contributed by atoms with E-state index in [0.29, 0.717) is 0 Å². The summed E-state index contributed by atoms with van der Waals surface area (Å²) in [6.07, 6.45) is 22.3. The summed E-state index contributed by atoms with van der Waals surface area (Å²) in [6, 6.07) is 0. The van der Waals surface area contributed by atoms with Crippen molar-refractivity contribution in [1.29, 1.82) is 0 Å². The number of quaternary nitrogens is 3. The molecule has 0 aromatic heterocycles. The summed E-state index contributed by atoms with van der Waals surface area (Å²) in [7, 11) is 0. The molecule has 0 fully saturated rings. The molecule has 0 aliphatic heterocycles. The summed E-state index contributed by atoms with van der Waals surface area (Å²) in [5, 5.41) is 0. The topological polar surface area (TPSA) is 0 Å². The van der Waals surface area contributed by atoms with Crippen LogP contribution in [0.2, 0.25) is 0 Å². The van der Waals surface area contributed by atoms with E-state index in [9.17, 15) is 0 Å². The van der Waals surface area contributed by atoms with Crippen molar-refractivity contribution >= 4 is 0 Å². The van der Waals surface area contributed by atoms with Gasteiger partial charge in [-0.05, 0) is 103 Å². The number of rotatable bonds is 30. The summed E-state index contributed by atoms with van der Waals surface area (Å²) in [4.78, 5) is 0. The van der Waals surface area contributed by atoms with Gasteiger partial charge in [0.2, 0.25) is 0 Å². The van der Waals surface area contributed by atoms with Gasteiger partial charge in [-0.1, -0.05) is 55.4 Å². The van der Waals surface area contributed by atoms with E-state index in [2.05, 4.69) is 55.4 Å². The molecule has 0 N–H and O–H groups in total. The Morgan fingerprint density at radius 1 is 0.214 bits per heavy atom. The van der Waals surface area contributed by atoms with Gasteiger partial charge < -0.3 is 85.4 Å². The zero-order chi connectivity index (χ0) is 29.3. The smallest absolute Gasteiger partial charge is 0.0786 e. The molecule has 0 aromatic rings. The highest BCUT2D eigenvalue weighted by Gasteiger charge is 2.27. The van der Waals surface area contributed by atoms with Gasteiger partial charge in [0.1, 0.15) is 0 Å². The second kappa shape index (κ2) is 33.0. The maximum Gasteiger partial charge on any atom is 0.0786 e. The minimum atomic E-state index is 0. The van der Waals surface area contributed by atoms with E-state index in [4.69, 9.17) is 0 Å². The van der Waals surface area contributed by atoms with Crippen LogP contribution >= 0.6 is 0 Å². The lowest BCUT2D eigenvalue weighted by molar-refractivity contribution is -0.929. The average Bonchev–Trinajstić information content (AvgIpc) is 2.89. The van der Waals surface area contributed by atoms with E-state index in [1.165, 1.54) is 195 Å². The number of hydrogen-bond donors (Lipinski definition) is 0. The van der Waals surface area contributed by atoms with Gasteiger partial charge >= 0.3 is 0 Å². The first-order valence-corrected chi connectivity index (χ1v) is 18.5. The maximum absolute atomic E-state index is 2.42. The first-order chi connectivity index (χ1) is 18.9. The number of unbranched alkanes of at least 4 members (excludes halogenated alkanes) is 6. The highest BCUT2D eigenvalue weighted by molar-refractivity contribution is 4.54. The van der Waals surface area contributed by atoms with Gasteiger partial charge in [-0.2, -0.15) is 0 Å². The van der Waals surface area contributed by atoms with Crippen molar-refractivity contribution in [3.63, 3.8) is 0 Å². The van der Waals surface area contributed by atoms with E-state index >= 15 is 0 Å². The third-order valence-corrected chi connectivity index (χ3v) is 9.61. The Kier molecular flexibility index (Phi) is 40.0. The van der Waals surface area contributed by atoms with Gasteiger partial charge in [0.15, 0.2) is 0 Å². The third kappa shape index (κ3) is 22.6. The van der Waals surface area contributed by atoms with E-state index < -0.39 is 0 Å². The lowest BCUT2D eigenvalue weighted by atomic mass is 10.1. The van der Waals surface area contributed by atoms with Crippen LogP contribution in [0.25, 0.3) is 0 Å². The molecule has 0 aliphatic rings. The molecule has 3 nitrogen and oxygen atoms in total. The molecular formula is C36H80I3N3. The summed E-state index contributed by atoms with van der Waals surface area (Å²) in [5.41, 5.74) is 0. The van der Waals surface area contributed by atoms with Crippen LogP contribution in [0.4, 0.5) is 0 Å². The number of hydrogen-bond acceptors (Lipinski definition) is 0. The van der Waals surface area contributed by atoms with Crippen molar-refractivity contribution in [3.05, 3.63) is 0 Å². The molecule has 0 saturated carbocycles. The van der Waals surface area contributed by atoms with Gasteiger partial charge in [-0.3, -0.25) is 0 Å². The van der Waals surface area contributed by atoms with Crippen LogP contribution in [0.5, 0.6) is 0 Å². The fraction of sp³-hybridized carbons (Fsp3) is 1.00. The Bertz CT molecular complexity index is 453. The highest BCUT2D eigenvalue weighted by Crippen LogP contribution is 2.20. The summed E-state index contributed by atoms with van der Waals surface area (Å²) in [5.74, 6) is 0. The van der Waals surface area contributed by atoms with Crippen LogP contribution in [0, 0.1) is 0 Å². The molecule has 0 rings (SSSR count). The molecule has 0 bridgehead atoms. The zero-order valence-corrected chi connectivity index (χ0v) is 36.7. The lowest BCUT2D eigenvalue weighted by Crippen LogP contribution is -3.00. The Morgan fingerprint density at radius 2 is 0.357 bits per heavy atom. The minimum Gasteiger partial charge on any atom is -1.00 e. The van der Waals surface area contributed by atoms with E-state index in [-0.39, 0.29) is 71.9 Å². The predicted molar refractivity (Wildman–Crippen MR) is 178 cm³/mol. The van der Waals surface area contributed by atoms with E-state index in [1.807, 2.05) is 0 Å². The molecule has 0 radical (unpaired) electrons. The van der Waals surface area contributed by atoms with Crippen LogP contribution in [0.3, 0.4) is 0 Å². The van der Waals surface area contributed by atoms with Crippen LogP contribution in [-0.4, -0.2) is 92.0 Å². The Balaban J connectivity index is -0.00000241. The molecule has 0 spiro atoms. The number of halogens is 3. The molecule has 0 aromatic carbocycles. The monoisotopic (exact) mass is 935 g/mol. The molecule has 260 valence electrons. The highest BCUT2D eigenvalue weighted by atomic mass is 127. The Labute approximate surface area is 319 Å². The molecule has 6 heteroatoms. The van der Waals surface area contributed by atoms with Gasteiger partial charge in [0.25, 0.3) is 0 Å². The van der Waals surface area contributed by atoms with E-state index in [1.54, 1.807) is 0 Å². The summed E-state index contributed by atoms with van der Waals surface area (Å²) in [6.45, 7) is 36.0. The fourth-order valence-electron chi connectivity index (χ4n) is 8.30. The van der Waals surface area contributed by atoms with Crippen molar-refractivity contribution in [3.8, 4) is 0 Å². The molecule has 0 saturated heterocycles. The van der Waals surface area contributed by atoms with Crippen molar-refractivity contribution in [2.45, 2.75) is 158 Å². The Morgan fingerprint density at radius 3 is 0.500 bits per heavy atom. The summed E-state index contributed by atoms with van der Waals surface area (Å²) >= 11 is 0. The van der Waals surface area contributed by atoms with Gasteiger partial charge in [-0.25, -0.2) is 0 Å². The van der Waals surface area contributed by atoms with Crippen molar-refractivity contribution in [2.24, 2.45) is 0 Å². The molecular weight excluding hydrogens is 855 g/mol. The van der Waals surface area contributed by atoms with Crippen molar-refractivity contribution in [1.82, 2.24) is 0 Å². The molecule has 0 heterocycles. The second-order valence-corrected chi connectivity index (χ2v) is 13.5. The van der Waals surface area contributed by atoms with Crippen molar-refractivity contribution in [2.75, 3.05) is 78.5 Å². The van der Waals surface area contributed by atoms with Gasteiger partial charge in [0, 0.05) is 0 Å². The largest absolute Gasteiger partial charge is 1.00 e. The zero-order valence-electron chi connectivity index (χ0n) is 30.3. The third-order valence-electron chi connectivity index (χ3n) is 9.61. The molecule has 0 unspecified atom stereocenters. The normalized spacial score (nSPS) is 12.0. The number of nitrogens with zero attached hydrogens (tertiary/aromatic N) is 3.